The molecular weight excluding hydrogens is 314 g/mol. The van der Waals surface area contributed by atoms with E-state index in [1.807, 2.05) is 20.8 Å². The van der Waals surface area contributed by atoms with Crippen LogP contribution >= 0.6 is 0 Å². The summed E-state index contributed by atoms with van der Waals surface area (Å²) in [4.78, 5) is 34.4. The zero-order chi connectivity index (χ0) is 18.1. The molecule has 0 bridgehead atoms. The van der Waals surface area contributed by atoms with Gasteiger partial charge in [0.2, 0.25) is 0 Å². The van der Waals surface area contributed by atoms with Gasteiger partial charge in [0, 0.05) is 18.9 Å². The van der Waals surface area contributed by atoms with Gasteiger partial charge in [0.15, 0.2) is 0 Å². The van der Waals surface area contributed by atoms with Gasteiger partial charge in [-0.3, -0.25) is 9.59 Å². The maximum absolute atomic E-state index is 11.9. The molecule has 1 rings (SSSR count). The van der Waals surface area contributed by atoms with Crippen LogP contribution in [-0.2, 0) is 19.1 Å². The van der Waals surface area contributed by atoms with E-state index in [-0.39, 0.29) is 23.7 Å². The number of amides is 1. The zero-order valence-corrected chi connectivity index (χ0v) is 14.7. The summed E-state index contributed by atoms with van der Waals surface area (Å²) in [5, 5.41) is 11.7. The number of esters is 1. The summed E-state index contributed by atoms with van der Waals surface area (Å²) in [5.74, 6) is -1.27. The number of hydrogen-bond donors (Lipinski definition) is 2. The SMILES string of the molecule is CCCC(=O)OC(OC(=O)NC[C@H]1CC[C@H](C(=O)O)CC1)C(C)C. The van der Waals surface area contributed by atoms with Crippen molar-refractivity contribution in [2.75, 3.05) is 6.54 Å². The van der Waals surface area contributed by atoms with Gasteiger partial charge in [-0.25, -0.2) is 4.79 Å². The van der Waals surface area contributed by atoms with E-state index in [2.05, 4.69) is 5.32 Å². The third kappa shape index (κ3) is 7.19. The van der Waals surface area contributed by atoms with Crippen LogP contribution in [0.5, 0.6) is 0 Å². The molecule has 1 aliphatic rings. The Morgan fingerprint density at radius 3 is 2.25 bits per heavy atom. The first-order chi connectivity index (χ1) is 11.3. The second kappa shape index (κ2) is 10.2. The van der Waals surface area contributed by atoms with Crippen LogP contribution in [0, 0.1) is 17.8 Å². The van der Waals surface area contributed by atoms with Crippen LogP contribution in [0.25, 0.3) is 0 Å². The van der Waals surface area contributed by atoms with Crippen LogP contribution in [0.15, 0.2) is 0 Å². The van der Waals surface area contributed by atoms with Gasteiger partial charge in [-0.2, -0.15) is 0 Å². The van der Waals surface area contributed by atoms with Crippen molar-refractivity contribution in [2.45, 2.75) is 65.6 Å². The largest absolute Gasteiger partial charge is 0.481 e. The Morgan fingerprint density at radius 1 is 1.12 bits per heavy atom. The molecule has 1 saturated carbocycles. The Kier molecular flexibility index (Phi) is 8.57. The number of ether oxygens (including phenoxy) is 2. The lowest BCUT2D eigenvalue weighted by molar-refractivity contribution is -0.175. The Hall–Kier alpha value is -1.79. The van der Waals surface area contributed by atoms with Gasteiger partial charge >= 0.3 is 18.0 Å². The third-order valence-corrected chi connectivity index (χ3v) is 4.20. The van der Waals surface area contributed by atoms with Gasteiger partial charge in [0.25, 0.3) is 6.29 Å². The molecule has 1 unspecified atom stereocenters. The lowest BCUT2D eigenvalue weighted by Crippen LogP contribution is -2.37. The molecule has 7 heteroatoms. The molecule has 2 N–H and O–H groups in total. The topological polar surface area (TPSA) is 102 Å². The number of rotatable bonds is 8. The summed E-state index contributed by atoms with van der Waals surface area (Å²) in [6.07, 6.45) is 2.29. The van der Waals surface area contributed by atoms with Gasteiger partial charge in [0.1, 0.15) is 0 Å². The Bertz CT molecular complexity index is 429. The Balaban J connectivity index is 2.33. The van der Waals surface area contributed by atoms with E-state index in [9.17, 15) is 14.4 Å². The molecule has 0 spiro atoms. The summed E-state index contributed by atoms with van der Waals surface area (Å²) in [6.45, 7) is 5.94. The minimum atomic E-state index is -0.896. The number of carboxylic acid groups (broad SMARTS) is 1. The molecule has 0 radical (unpaired) electrons. The summed E-state index contributed by atoms with van der Waals surface area (Å²) in [7, 11) is 0. The molecule has 0 heterocycles. The predicted molar refractivity (Wildman–Crippen MR) is 87.2 cm³/mol. The number of hydrogen-bond acceptors (Lipinski definition) is 5. The van der Waals surface area contributed by atoms with E-state index < -0.39 is 18.4 Å². The normalized spacial score (nSPS) is 21.8. The highest BCUT2D eigenvalue weighted by Crippen LogP contribution is 2.28. The number of carbonyl (C=O) groups excluding carboxylic acids is 2. The van der Waals surface area contributed by atoms with E-state index in [1.165, 1.54) is 0 Å². The molecule has 0 aromatic heterocycles. The van der Waals surface area contributed by atoms with Crippen molar-refractivity contribution in [3.05, 3.63) is 0 Å². The minimum Gasteiger partial charge on any atom is -0.481 e. The fourth-order valence-corrected chi connectivity index (χ4v) is 2.68. The maximum Gasteiger partial charge on any atom is 0.410 e. The average Bonchev–Trinajstić information content (AvgIpc) is 2.52. The highest BCUT2D eigenvalue weighted by Gasteiger charge is 2.27. The summed E-state index contributed by atoms with van der Waals surface area (Å²) < 4.78 is 10.4. The van der Waals surface area contributed by atoms with Crippen LogP contribution in [0.3, 0.4) is 0 Å². The molecule has 0 aliphatic heterocycles. The van der Waals surface area contributed by atoms with Crippen molar-refractivity contribution in [1.29, 1.82) is 0 Å². The van der Waals surface area contributed by atoms with Gasteiger partial charge < -0.3 is 19.9 Å². The number of alkyl carbamates (subject to hydrolysis) is 1. The van der Waals surface area contributed by atoms with Crippen molar-refractivity contribution < 1.29 is 29.0 Å². The van der Waals surface area contributed by atoms with Crippen molar-refractivity contribution in [3.63, 3.8) is 0 Å². The lowest BCUT2D eigenvalue weighted by Gasteiger charge is -2.26. The van der Waals surface area contributed by atoms with E-state index in [0.717, 1.165) is 12.8 Å². The highest BCUT2D eigenvalue weighted by molar-refractivity contribution is 5.71. The van der Waals surface area contributed by atoms with E-state index in [0.29, 0.717) is 32.2 Å². The number of nitrogens with one attached hydrogen (secondary N) is 1. The number of carbonyl (C=O) groups is 3. The van der Waals surface area contributed by atoms with Crippen molar-refractivity contribution in [1.82, 2.24) is 5.32 Å². The molecule has 0 saturated heterocycles. The van der Waals surface area contributed by atoms with E-state index >= 15 is 0 Å². The summed E-state index contributed by atoms with van der Waals surface area (Å²) in [5.41, 5.74) is 0. The van der Waals surface area contributed by atoms with Crippen LogP contribution in [0.2, 0.25) is 0 Å². The first kappa shape index (κ1) is 20.3. The quantitative estimate of drug-likeness (QED) is 0.519. The second-order valence-electron chi connectivity index (χ2n) is 6.69. The molecule has 0 aromatic carbocycles. The fraction of sp³-hybridized carbons (Fsp3) is 0.824. The molecule has 0 aromatic rings. The summed E-state index contributed by atoms with van der Waals surface area (Å²) >= 11 is 0. The standard InChI is InChI=1S/C17H29NO6/c1-4-5-14(19)23-16(11(2)3)24-17(22)18-10-12-6-8-13(9-7-12)15(20)21/h11-13,16H,4-10H2,1-3H3,(H,18,22)(H,20,21)/t12-,13-,16?. The van der Waals surface area contributed by atoms with Crippen LogP contribution in [0.4, 0.5) is 4.79 Å². The average molecular weight is 343 g/mol. The molecular formula is C17H29NO6. The molecule has 1 aliphatic carbocycles. The third-order valence-electron chi connectivity index (χ3n) is 4.20. The molecule has 1 fully saturated rings. The van der Waals surface area contributed by atoms with Crippen molar-refractivity contribution in [3.8, 4) is 0 Å². The summed E-state index contributed by atoms with van der Waals surface area (Å²) in [6, 6.07) is 0. The zero-order valence-electron chi connectivity index (χ0n) is 14.7. The monoisotopic (exact) mass is 343 g/mol. The maximum atomic E-state index is 11.9. The first-order valence-corrected chi connectivity index (χ1v) is 8.70. The Labute approximate surface area is 143 Å². The smallest absolute Gasteiger partial charge is 0.410 e. The van der Waals surface area contributed by atoms with Gasteiger partial charge in [0.05, 0.1) is 5.92 Å². The number of carboxylic acids is 1. The molecule has 138 valence electrons. The Morgan fingerprint density at radius 2 is 1.75 bits per heavy atom. The second-order valence-corrected chi connectivity index (χ2v) is 6.69. The van der Waals surface area contributed by atoms with Crippen LogP contribution in [0.1, 0.15) is 59.3 Å². The van der Waals surface area contributed by atoms with Gasteiger partial charge in [-0.05, 0) is 38.0 Å². The van der Waals surface area contributed by atoms with Crippen molar-refractivity contribution in [2.24, 2.45) is 17.8 Å². The fourth-order valence-electron chi connectivity index (χ4n) is 2.68. The molecule has 1 atom stereocenters. The molecule has 7 nitrogen and oxygen atoms in total. The predicted octanol–water partition coefficient (Wildman–Crippen LogP) is 2.93. The van der Waals surface area contributed by atoms with Gasteiger partial charge in [-0.1, -0.05) is 20.8 Å². The number of aliphatic carboxylic acids is 1. The molecule has 24 heavy (non-hydrogen) atoms. The van der Waals surface area contributed by atoms with E-state index in [4.69, 9.17) is 14.6 Å². The minimum absolute atomic E-state index is 0.137. The first-order valence-electron chi connectivity index (χ1n) is 8.70. The van der Waals surface area contributed by atoms with Gasteiger partial charge in [-0.15, -0.1) is 0 Å². The van der Waals surface area contributed by atoms with Crippen LogP contribution < -0.4 is 5.32 Å². The van der Waals surface area contributed by atoms with Crippen LogP contribution in [-0.4, -0.2) is 36.0 Å². The highest BCUT2D eigenvalue weighted by atomic mass is 16.7. The van der Waals surface area contributed by atoms with Crippen molar-refractivity contribution >= 4 is 18.0 Å². The molecule has 1 amide bonds. The van der Waals surface area contributed by atoms with E-state index in [1.54, 1.807) is 0 Å². The lowest BCUT2D eigenvalue weighted by atomic mass is 9.82.